The molecule has 3 rings (SSSR count). The molecular weight excluding hydrogens is 324 g/mol. The first kappa shape index (κ1) is 17.3. The molecule has 7 heteroatoms. The number of thioether (sulfide) groups is 1. The summed E-state index contributed by atoms with van der Waals surface area (Å²) in [7, 11) is 3.59. The van der Waals surface area contributed by atoms with Gasteiger partial charge in [0.15, 0.2) is 11.0 Å². The van der Waals surface area contributed by atoms with Gasteiger partial charge in [-0.2, -0.15) is 0 Å². The van der Waals surface area contributed by atoms with Crippen molar-refractivity contribution in [3.63, 3.8) is 0 Å². The molecule has 1 saturated heterocycles. The third-order valence-electron chi connectivity index (χ3n) is 4.05. The van der Waals surface area contributed by atoms with E-state index in [1.54, 1.807) is 18.9 Å². The van der Waals surface area contributed by atoms with Crippen LogP contribution in [0.25, 0.3) is 5.69 Å². The number of ether oxygens (including phenoxy) is 2. The van der Waals surface area contributed by atoms with Crippen LogP contribution < -0.4 is 10.1 Å². The van der Waals surface area contributed by atoms with Gasteiger partial charge in [-0.3, -0.25) is 4.57 Å². The van der Waals surface area contributed by atoms with E-state index in [0.29, 0.717) is 12.5 Å². The maximum atomic E-state index is 5.58. The number of methoxy groups -OCH3 is 1. The van der Waals surface area contributed by atoms with Crippen molar-refractivity contribution in [2.24, 2.45) is 5.92 Å². The van der Waals surface area contributed by atoms with E-state index >= 15 is 0 Å². The Morgan fingerprint density at radius 3 is 3.08 bits per heavy atom. The highest BCUT2D eigenvalue weighted by Crippen LogP contribution is 2.28. The number of nitrogens with zero attached hydrogens (tertiary/aromatic N) is 3. The summed E-state index contributed by atoms with van der Waals surface area (Å²) in [6.07, 6.45) is 2.38. The molecule has 1 aliphatic heterocycles. The molecule has 1 atom stereocenters. The fraction of sp³-hybridized carbons (Fsp3) is 0.529. The lowest BCUT2D eigenvalue weighted by Crippen LogP contribution is -2.19. The minimum absolute atomic E-state index is 0.590. The molecule has 6 nitrogen and oxygen atoms in total. The zero-order valence-corrected chi connectivity index (χ0v) is 15.0. The van der Waals surface area contributed by atoms with E-state index in [1.807, 2.05) is 25.2 Å². The summed E-state index contributed by atoms with van der Waals surface area (Å²) >= 11 is 1.75. The van der Waals surface area contributed by atoms with Gasteiger partial charge in [-0.15, -0.1) is 10.2 Å². The first-order valence-corrected chi connectivity index (χ1v) is 9.24. The summed E-state index contributed by atoms with van der Waals surface area (Å²) in [5, 5.41) is 12.8. The second-order valence-corrected chi connectivity index (χ2v) is 6.85. The van der Waals surface area contributed by atoms with Gasteiger partial charge < -0.3 is 14.8 Å². The smallest absolute Gasteiger partial charge is 0.195 e. The van der Waals surface area contributed by atoms with E-state index in [0.717, 1.165) is 47.8 Å². The molecule has 2 aromatic rings. The number of rotatable bonds is 7. The Labute approximate surface area is 146 Å². The lowest BCUT2D eigenvalue weighted by atomic mass is 10.1. The van der Waals surface area contributed by atoms with Gasteiger partial charge in [0.1, 0.15) is 5.75 Å². The van der Waals surface area contributed by atoms with Crippen molar-refractivity contribution in [3.8, 4) is 11.4 Å². The van der Waals surface area contributed by atoms with E-state index in [1.165, 1.54) is 6.42 Å². The van der Waals surface area contributed by atoms with Crippen LogP contribution in [-0.4, -0.2) is 47.9 Å². The quantitative estimate of drug-likeness (QED) is 0.776. The zero-order valence-electron chi connectivity index (χ0n) is 14.2. The molecule has 1 N–H and O–H groups in total. The van der Waals surface area contributed by atoms with Crippen molar-refractivity contribution in [1.82, 2.24) is 20.1 Å². The second-order valence-electron chi connectivity index (χ2n) is 5.86. The van der Waals surface area contributed by atoms with Crippen molar-refractivity contribution in [2.45, 2.75) is 24.5 Å². The number of benzene rings is 1. The standard InChI is InChI=1S/C17H24N4O2S/c1-18-10-16-19-20-17(24-12-13-5-4-8-23-11-13)21(16)14-6-3-7-15(9-14)22-2/h3,6-7,9,13,18H,4-5,8,10-12H2,1-2H3/t13-/m1/s1. The van der Waals surface area contributed by atoms with Crippen molar-refractivity contribution >= 4 is 11.8 Å². The summed E-state index contributed by atoms with van der Waals surface area (Å²) < 4.78 is 13.0. The third-order valence-corrected chi connectivity index (χ3v) is 5.21. The Balaban J connectivity index is 1.83. The third kappa shape index (κ3) is 4.09. The van der Waals surface area contributed by atoms with Gasteiger partial charge in [-0.05, 0) is 37.9 Å². The van der Waals surface area contributed by atoms with Gasteiger partial charge >= 0.3 is 0 Å². The molecule has 1 fully saturated rings. The van der Waals surface area contributed by atoms with E-state index in [9.17, 15) is 0 Å². The molecule has 0 aliphatic carbocycles. The lowest BCUT2D eigenvalue weighted by molar-refractivity contribution is 0.0632. The lowest BCUT2D eigenvalue weighted by Gasteiger charge is -2.21. The predicted octanol–water partition coefficient (Wildman–Crippen LogP) is 2.51. The minimum atomic E-state index is 0.590. The zero-order chi connectivity index (χ0) is 16.8. The van der Waals surface area contributed by atoms with Gasteiger partial charge in [0.05, 0.1) is 25.9 Å². The van der Waals surface area contributed by atoms with Gasteiger partial charge in [-0.1, -0.05) is 17.8 Å². The van der Waals surface area contributed by atoms with E-state index in [-0.39, 0.29) is 0 Å². The molecule has 0 bridgehead atoms. The van der Waals surface area contributed by atoms with Crippen LogP contribution in [0.2, 0.25) is 0 Å². The molecule has 0 amide bonds. The summed E-state index contributed by atoms with van der Waals surface area (Å²) in [5.74, 6) is 3.31. The molecule has 1 aromatic carbocycles. The van der Waals surface area contributed by atoms with Crippen molar-refractivity contribution in [1.29, 1.82) is 0 Å². The number of hydrogen-bond acceptors (Lipinski definition) is 6. The first-order chi connectivity index (χ1) is 11.8. The van der Waals surface area contributed by atoms with Gasteiger partial charge in [0.25, 0.3) is 0 Å². The fourth-order valence-electron chi connectivity index (χ4n) is 2.81. The van der Waals surface area contributed by atoms with Crippen LogP contribution in [0.4, 0.5) is 0 Å². The topological polar surface area (TPSA) is 61.2 Å². The Kier molecular flexibility index (Phi) is 6.12. The molecule has 2 heterocycles. The van der Waals surface area contributed by atoms with Gasteiger partial charge in [0, 0.05) is 18.4 Å². The van der Waals surface area contributed by atoms with Crippen LogP contribution in [0, 0.1) is 5.92 Å². The highest BCUT2D eigenvalue weighted by Gasteiger charge is 2.18. The molecule has 1 aromatic heterocycles. The number of hydrogen-bond donors (Lipinski definition) is 1. The normalized spacial score (nSPS) is 17.8. The summed E-state index contributed by atoms with van der Waals surface area (Å²) in [5.41, 5.74) is 1.02. The SMILES string of the molecule is CNCc1nnc(SC[C@@H]2CCCOC2)n1-c1cccc(OC)c1. The second kappa shape index (κ2) is 8.50. The van der Waals surface area contributed by atoms with Crippen LogP contribution in [0.3, 0.4) is 0 Å². The Hall–Kier alpha value is -1.57. The molecule has 130 valence electrons. The van der Waals surface area contributed by atoms with Gasteiger partial charge in [0.2, 0.25) is 0 Å². The molecule has 24 heavy (non-hydrogen) atoms. The Morgan fingerprint density at radius 2 is 2.33 bits per heavy atom. The van der Waals surface area contributed by atoms with Crippen LogP contribution in [0.1, 0.15) is 18.7 Å². The number of aromatic nitrogens is 3. The molecule has 0 radical (unpaired) electrons. The molecular formula is C17H24N4O2S. The highest BCUT2D eigenvalue weighted by molar-refractivity contribution is 7.99. The molecule has 1 aliphatic rings. The average Bonchev–Trinajstić information content (AvgIpc) is 3.04. The maximum absolute atomic E-state index is 5.58. The van der Waals surface area contributed by atoms with Crippen LogP contribution in [0.5, 0.6) is 5.75 Å². The Bertz CT molecular complexity index is 656. The maximum Gasteiger partial charge on any atom is 0.195 e. The molecule has 0 saturated carbocycles. The van der Waals surface area contributed by atoms with Crippen LogP contribution >= 0.6 is 11.8 Å². The largest absolute Gasteiger partial charge is 0.497 e. The van der Waals surface area contributed by atoms with E-state index < -0.39 is 0 Å². The summed E-state index contributed by atoms with van der Waals surface area (Å²) in [4.78, 5) is 0. The monoisotopic (exact) mass is 348 g/mol. The minimum Gasteiger partial charge on any atom is -0.497 e. The van der Waals surface area contributed by atoms with Gasteiger partial charge in [-0.25, -0.2) is 0 Å². The van der Waals surface area contributed by atoms with Crippen LogP contribution in [-0.2, 0) is 11.3 Å². The Morgan fingerprint density at radius 1 is 1.42 bits per heavy atom. The van der Waals surface area contributed by atoms with E-state index in [4.69, 9.17) is 9.47 Å². The molecule has 0 unspecified atom stereocenters. The van der Waals surface area contributed by atoms with Crippen molar-refractivity contribution in [2.75, 3.05) is 33.1 Å². The summed E-state index contributed by atoms with van der Waals surface area (Å²) in [6.45, 7) is 2.41. The van der Waals surface area contributed by atoms with Crippen molar-refractivity contribution in [3.05, 3.63) is 30.1 Å². The predicted molar refractivity (Wildman–Crippen MR) is 94.9 cm³/mol. The van der Waals surface area contributed by atoms with E-state index in [2.05, 4.69) is 26.1 Å². The average molecular weight is 348 g/mol. The summed E-state index contributed by atoms with van der Waals surface area (Å²) in [6, 6.07) is 7.99. The van der Waals surface area contributed by atoms with Crippen LogP contribution in [0.15, 0.2) is 29.4 Å². The van der Waals surface area contributed by atoms with Crippen molar-refractivity contribution < 1.29 is 9.47 Å². The number of nitrogens with one attached hydrogen (secondary N) is 1. The fourth-order valence-corrected chi connectivity index (χ4v) is 3.89. The first-order valence-electron chi connectivity index (χ1n) is 8.25. The highest BCUT2D eigenvalue weighted by atomic mass is 32.2. The molecule has 0 spiro atoms.